The van der Waals surface area contributed by atoms with E-state index >= 15 is 0 Å². The average Bonchev–Trinajstić information content (AvgIpc) is 2.88. The Bertz CT molecular complexity index is 465. The van der Waals surface area contributed by atoms with E-state index in [1.165, 1.54) is 0 Å². The Kier molecular flexibility index (Phi) is 3.98. The molecule has 1 aliphatic carbocycles. The summed E-state index contributed by atoms with van der Waals surface area (Å²) >= 11 is 0. The molecule has 2 heterocycles. The number of aromatic nitrogens is 1. The minimum Gasteiger partial charge on any atom is -0.384 e. The molecule has 0 bridgehead atoms. The van der Waals surface area contributed by atoms with Gasteiger partial charge in [-0.2, -0.15) is 0 Å². The third-order valence-electron chi connectivity index (χ3n) is 4.30. The predicted molar refractivity (Wildman–Crippen MR) is 73.1 cm³/mol. The third kappa shape index (κ3) is 2.55. The van der Waals surface area contributed by atoms with Crippen LogP contribution in [-0.4, -0.2) is 43.4 Å². The van der Waals surface area contributed by atoms with Crippen molar-refractivity contribution in [2.75, 3.05) is 20.3 Å². The van der Waals surface area contributed by atoms with Gasteiger partial charge in [-0.05, 0) is 18.1 Å². The maximum Gasteiger partial charge on any atom is 0.224 e. The standard InChI is InChI=1S/C15H20N2O3/c1-19-9-12-14(11-4-6-20-15(11)12)17-13(18)7-10-3-2-5-16-8-10/h2-3,5,8,11-12,14-15H,4,6-7,9H2,1H3,(H,17,18)/t11-,12+,14+,15-/m1/s1. The highest BCUT2D eigenvalue weighted by atomic mass is 16.5. The fourth-order valence-electron chi connectivity index (χ4n) is 3.36. The molecule has 2 fully saturated rings. The summed E-state index contributed by atoms with van der Waals surface area (Å²) in [5.74, 6) is 0.785. The molecule has 1 amide bonds. The number of rotatable bonds is 5. The van der Waals surface area contributed by atoms with Gasteiger partial charge in [0.05, 0.1) is 19.1 Å². The minimum absolute atomic E-state index is 0.0504. The van der Waals surface area contributed by atoms with Gasteiger partial charge in [-0.15, -0.1) is 0 Å². The molecule has 1 aromatic heterocycles. The van der Waals surface area contributed by atoms with E-state index < -0.39 is 0 Å². The van der Waals surface area contributed by atoms with Crippen molar-refractivity contribution in [3.63, 3.8) is 0 Å². The van der Waals surface area contributed by atoms with E-state index in [4.69, 9.17) is 9.47 Å². The summed E-state index contributed by atoms with van der Waals surface area (Å²) in [6, 6.07) is 3.95. The number of pyridine rings is 1. The summed E-state index contributed by atoms with van der Waals surface area (Å²) in [6.07, 6.45) is 5.11. The molecule has 2 aliphatic rings. The Morgan fingerprint density at radius 2 is 2.50 bits per heavy atom. The first-order valence-electron chi connectivity index (χ1n) is 7.08. The number of fused-ring (bicyclic) bond motifs is 1. The Balaban J connectivity index is 1.57. The number of amides is 1. The van der Waals surface area contributed by atoms with Crippen LogP contribution < -0.4 is 5.32 Å². The van der Waals surface area contributed by atoms with Gasteiger partial charge in [0.15, 0.2) is 0 Å². The average molecular weight is 276 g/mol. The largest absolute Gasteiger partial charge is 0.384 e. The molecular weight excluding hydrogens is 256 g/mol. The minimum atomic E-state index is 0.0504. The number of hydrogen-bond acceptors (Lipinski definition) is 4. The van der Waals surface area contributed by atoms with Gasteiger partial charge >= 0.3 is 0 Å². The van der Waals surface area contributed by atoms with Crippen LogP contribution in [0.25, 0.3) is 0 Å². The molecule has 0 radical (unpaired) electrons. The van der Waals surface area contributed by atoms with Gasteiger partial charge in [0.2, 0.25) is 5.91 Å². The maximum atomic E-state index is 12.1. The first-order valence-corrected chi connectivity index (χ1v) is 7.08. The number of carbonyl (C=O) groups excluding carboxylic acids is 1. The lowest BCUT2D eigenvalue weighted by molar-refractivity contribution is -0.129. The quantitative estimate of drug-likeness (QED) is 0.864. The molecule has 0 unspecified atom stereocenters. The van der Waals surface area contributed by atoms with Crippen molar-refractivity contribution in [2.45, 2.75) is 25.0 Å². The van der Waals surface area contributed by atoms with Crippen molar-refractivity contribution in [3.8, 4) is 0 Å². The second kappa shape index (κ2) is 5.89. The summed E-state index contributed by atoms with van der Waals surface area (Å²) in [6.45, 7) is 1.43. The first-order chi connectivity index (χ1) is 9.79. The van der Waals surface area contributed by atoms with E-state index in [0.29, 0.717) is 18.9 Å². The number of hydrogen-bond donors (Lipinski definition) is 1. The van der Waals surface area contributed by atoms with E-state index in [1.54, 1.807) is 19.5 Å². The second-order valence-electron chi connectivity index (χ2n) is 5.54. The highest BCUT2D eigenvalue weighted by Gasteiger charge is 2.54. The van der Waals surface area contributed by atoms with Crippen LogP contribution in [0.15, 0.2) is 24.5 Å². The van der Waals surface area contributed by atoms with E-state index in [1.807, 2.05) is 12.1 Å². The van der Waals surface area contributed by atoms with Crippen LogP contribution in [0, 0.1) is 11.8 Å². The molecule has 20 heavy (non-hydrogen) atoms. The van der Waals surface area contributed by atoms with Gasteiger partial charge in [0.25, 0.3) is 0 Å². The van der Waals surface area contributed by atoms with Crippen LogP contribution in [0.5, 0.6) is 0 Å². The van der Waals surface area contributed by atoms with Crippen LogP contribution in [-0.2, 0) is 20.7 Å². The molecule has 3 rings (SSSR count). The summed E-state index contributed by atoms with van der Waals surface area (Å²) in [5, 5.41) is 3.14. The van der Waals surface area contributed by atoms with Crippen molar-refractivity contribution in [2.24, 2.45) is 11.8 Å². The van der Waals surface area contributed by atoms with Crippen LogP contribution >= 0.6 is 0 Å². The van der Waals surface area contributed by atoms with E-state index in [2.05, 4.69) is 10.3 Å². The fourth-order valence-corrected chi connectivity index (χ4v) is 3.36. The lowest BCUT2D eigenvalue weighted by Gasteiger charge is -2.47. The number of carbonyl (C=O) groups is 1. The molecule has 108 valence electrons. The summed E-state index contributed by atoms with van der Waals surface area (Å²) in [7, 11) is 1.69. The molecule has 5 heteroatoms. The fraction of sp³-hybridized carbons (Fsp3) is 0.600. The molecule has 1 saturated carbocycles. The van der Waals surface area contributed by atoms with Crippen LogP contribution in [0.2, 0.25) is 0 Å². The normalized spacial score (nSPS) is 31.4. The van der Waals surface area contributed by atoms with Gasteiger partial charge in [0, 0.05) is 44.0 Å². The molecule has 0 aromatic carbocycles. The Hall–Kier alpha value is -1.46. The van der Waals surface area contributed by atoms with E-state index in [0.717, 1.165) is 18.6 Å². The Morgan fingerprint density at radius 3 is 3.25 bits per heavy atom. The molecule has 5 nitrogen and oxygen atoms in total. The molecule has 4 atom stereocenters. The predicted octanol–water partition coefficient (Wildman–Crippen LogP) is 0.790. The van der Waals surface area contributed by atoms with E-state index in [-0.39, 0.29) is 24.0 Å². The second-order valence-corrected chi connectivity index (χ2v) is 5.54. The molecule has 1 N–H and O–H groups in total. The lowest BCUT2D eigenvalue weighted by Crippen LogP contribution is -2.62. The van der Waals surface area contributed by atoms with Gasteiger partial charge in [-0.3, -0.25) is 9.78 Å². The highest BCUT2D eigenvalue weighted by molar-refractivity contribution is 5.79. The van der Waals surface area contributed by atoms with Crippen molar-refractivity contribution < 1.29 is 14.3 Å². The number of nitrogens with one attached hydrogen (secondary N) is 1. The monoisotopic (exact) mass is 276 g/mol. The zero-order chi connectivity index (χ0) is 13.9. The molecule has 1 aliphatic heterocycles. The lowest BCUT2D eigenvalue weighted by atomic mass is 9.67. The van der Waals surface area contributed by atoms with Gasteiger partial charge in [0.1, 0.15) is 0 Å². The van der Waals surface area contributed by atoms with Crippen LogP contribution in [0.3, 0.4) is 0 Å². The zero-order valence-corrected chi connectivity index (χ0v) is 11.6. The SMILES string of the molecule is COC[C@H]1[C@@H](NC(=O)Cc2cccnc2)[C@H]2CCO[C@H]21. The third-order valence-corrected chi connectivity index (χ3v) is 4.30. The maximum absolute atomic E-state index is 12.1. The van der Waals surface area contributed by atoms with Gasteiger partial charge in [-0.1, -0.05) is 6.07 Å². The topological polar surface area (TPSA) is 60.5 Å². The van der Waals surface area contributed by atoms with Crippen molar-refractivity contribution in [1.82, 2.24) is 10.3 Å². The highest BCUT2D eigenvalue weighted by Crippen LogP contribution is 2.43. The van der Waals surface area contributed by atoms with Crippen molar-refractivity contribution in [3.05, 3.63) is 30.1 Å². The summed E-state index contributed by atoms with van der Waals surface area (Å²) < 4.78 is 10.9. The van der Waals surface area contributed by atoms with Crippen molar-refractivity contribution in [1.29, 1.82) is 0 Å². The Morgan fingerprint density at radius 1 is 1.60 bits per heavy atom. The Labute approximate surface area is 118 Å². The smallest absolute Gasteiger partial charge is 0.224 e. The molecule has 1 saturated heterocycles. The first kappa shape index (κ1) is 13.5. The van der Waals surface area contributed by atoms with Crippen molar-refractivity contribution >= 4 is 5.91 Å². The number of methoxy groups -OCH3 is 1. The molecule has 0 spiro atoms. The summed E-state index contributed by atoms with van der Waals surface area (Å²) in [5.41, 5.74) is 0.937. The van der Waals surface area contributed by atoms with Gasteiger partial charge in [-0.25, -0.2) is 0 Å². The van der Waals surface area contributed by atoms with Crippen LogP contribution in [0.1, 0.15) is 12.0 Å². The van der Waals surface area contributed by atoms with Gasteiger partial charge < -0.3 is 14.8 Å². The number of ether oxygens (including phenoxy) is 2. The summed E-state index contributed by atoms with van der Waals surface area (Å²) in [4.78, 5) is 16.2. The zero-order valence-electron chi connectivity index (χ0n) is 11.6. The van der Waals surface area contributed by atoms with Crippen LogP contribution in [0.4, 0.5) is 0 Å². The number of nitrogens with zero attached hydrogens (tertiary/aromatic N) is 1. The van der Waals surface area contributed by atoms with E-state index in [9.17, 15) is 4.79 Å². The molecule has 1 aromatic rings. The molecular formula is C15H20N2O3.